The predicted molar refractivity (Wildman–Crippen MR) is 69.0 cm³/mol. The second kappa shape index (κ2) is 7.36. The third-order valence-electron chi connectivity index (χ3n) is 3.42. The molecule has 1 rings (SSSR count). The Balaban J connectivity index is 2.40. The quantitative estimate of drug-likeness (QED) is 0.703. The summed E-state index contributed by atoms with van der Waals surface area (Å²) < 4.78 is 0. The Morgan fingerprint density at radius 2 is 2.17 bits per heavy atom. The van der Waals surface area contributed by atoms with Gasteiger partial charge in [0.1, 0.15) is 6.04 Å². The van der Waals surface area contributed by atoms with E-state index in [1.165, 1.54) is 0 Å². The van der Waals surface area contributed by atoms with Crippen LogP contribution >= 0.6 is 0 Å². The summed E-state index contributed by atoms with van der Waals surface area (Å²) in [7, 11) is 0. The molecule has 1 aliphatic heterocycles. The molecule has 0 bridgehead atoms. The Morgan fingerprint density at radius 1 is 1.44 bits per heavy atom. The van der Waals surface area contributed by atoms with E-state index >= 15 is 0 Å². The van der Waals surface area contributed by atoms with Crippen LogP contribution in [0, 0.1) is 0 Å². The molecule has 1 saturated heterocycles. The summed E-state index contributed by atoms with van der Waals surface area (Å²) in [6, 6.07) is -0.348. The molecule has 2 N–H and O–H groups in total. The molecule has 2 amide bonds. The van der Waals surface area contributed by atoms with Crippen LogP contribution in [0.5, 0.6) is 0 Å². The van der Waals surface area contributed by atoms with Crippen LogP contribution in [-0.4, -0.2) is 47.1 Å². The Bertz CT molecular complexity index is 294. The topological polar surface area (TPSA) is 69.6 Å². The molecular formula is C13H24N2O3. The number of nitrogens with one attached hydrogen (secondary N) is 1. The van der Waals surface area contributed by atoms with E-state index in [0.717, 1.165) is 6.42 Å². The van der Waals surface area contributed by atoms with Crippen LogP contribution in [0.1, 0.15) is 46.0 Å². The number of aliphatic hydroxyl groups excluding tert-OH is 1. The number of hydrogen-bond donors (Lipinski definition) is 2. The van der Waals surface area contributed by atoms with Gasteiger partial charge in [0, 0.05) is 19.5 Å². The highest BCUT2D eigenvalue weighted by atomic mass is 16.3. The molecule has 1 aliphatic rings. The number of carbonyl (C=O) groups excluding carboxylic acids is 2. The number of likely N-dealkylation sites (tertiary alicyclic amines) is 1. The summed E-state index contributed by atoms with van der Waals surface area (Å²) in [5, 5.41) is 12.2. The molecule has 0 spiro atoms. The molecule has 0 aliphatic carbocycles. The van der Waals surface area contributed by atoms with Crippen LogP contribution in [-0.2, 0) is 9.59 Å². The molecule has 1 heterocycles. The van der Waals surface area contributed by atoms with Crippen molar-refractivity contribution in [1.29, 1.82) is 0 Å². The summed E-state index contributed by atoms with van der Waals surface area (Å²) in [5.41, 5.74) is 0. The van der Waals surface area contributed by atoms with Crippen molar-refractivity contribution in [2.24, 2.45) is 0 Å². The molecule has 5 nitrogen and oxygen atoms in total. The molecule has 0 aromatic rings. The average molecular weight is 256 g/mol. The minimum atomic E-state index is -0.362. The van der Waals surface area contributed by atoms with Crippen LogP contribution < -0.4 is 5.32 Å². The summed E-state index contributed by atoms with van der Waals surface area (Å²) in [6.07, 6.45) is 2.92. The SMILES string of the molecule is CCC(O)CCNC(=O)C(CC)N1CCCC1=O. The van der Waals surface area contributed by atoms with E-state index in [1.807, 2.05) is 13.8 Å². The van der Waals surface area contributed by atoms with Crippen LogP contribution in [0.3, 0.4) is 0 Å². The van der Waals surface area contributed by atoms with E-state index in [0.29, 0.717) is 38.8 Å². The maximum Gasteiger partial charge on any atom is 0.242 e. The Hall–Kier alpha value is -1.10. The lowest BCUT2D eigenvalue weighted by atomic mass is 10.1. The first-order valence-electron chi connectivity index (χ1n) is 6.85. The van der Waals surface area contributed by atoms with E-state index in [9.17, 15) is 14.7 Å². The van der Waals surface area contributed by atoms with Crippen molar-refractivity contribution in [3.63, 3.8) is 0 Å². The van der Waals surface area contributed by atoms with Crippen LogP contribution in [0.4, 0.5) is 0 Å². The standard InChI is InChI=1S/C13H24N2O3/c1-3-10(16)7-8-14-13(18)11(4-2)15-9-5-6-12(15)17/h10-11,16H,3-9H2,1-2H3,(H,14,18). The molecule has 0 radical (unpaired) electrons. The van der Waals surface area contributed by atoms with Crippen molar-refractivity contribution < 1.29 is 14.7 Å². The maximum absolute atomic E-state index is 12.0. The van der Waals surface area contributed by atoms with Crippen molar-refractivity contribution in [2.45, 2.75) is 58.1 Å². The fraction of sp³-hybridized carbons (Fsp3) is 0.846. The Labute approximate surface area is 109 Å². The second-order valence-corrected chi connectivity index (χ2v) is 4.76. The van der Waals surface area contributed by atoms with Gasteiger partial charge in [-0.3, -0.25) is 9.59 Å². The normalized spacial score (nSPS) is 18.8. The van der Waals surface area contributed by atoms with Gasteiger partial charge in [0.05, 0.1) is 6.10 Å². The number of hydrogen-bond acceptors (Lipinski definition) is 3. The molecule has 18 heavy (non-hydrogen) atoms. The lowest BCUT2D eigenvalue weighted by molar-refractivity contribution is -0.137. The third kappa shape index (κ3) is 3.98. The van der Waals surface area contributed by atoms with E-state index in [2.05, 4.69) is 5.32 Å². The lowest BCUT2D eigenvalue weighted by Crippen LogP contribution is -2.47. The predicted octanol–water partition coefficient (Wildman–Crippen LogP) is 0.665. The zero-order valence-electron chi connectivity index (χ0n) is 11.3. The van der Waals surface area contributed by atoms with Crippen molar-refractivity contribution in [1.82, 2.24) is 10.2 Å². The smallest absolute Gasteiger partial charge is 0.242 e. The van der Waals surface area contributed by atoms with Gasteiger partial charge in [-0.2, -0.15) is 0 Å². The highest BCUT2D eigenvalue weighted by molar-refractivity contribution is 5.88. The molecule has 2 unspecified atom stereocenters. The van der Waals surface area contributed by atoms with Crippen LogP contribution in [0.2, 0.25) is 0 Å². The van der Waals surface area contributed by atoms with Gasteiger partial charge >= 0.3 is 0 Å². The summed E-state index contributed by atoms with van der Waals surface area (Å²) in [4.78, 5) is 25.3. The molecule has 5 heteroatoms. The van der Waals surface area contributed by atoms with E-state index in [4.69, 9.17) is 0 Å². The summed E-state index contributed by atoms with van der Waals surface area (Å²) >= 11 is 0. The van der Waals surface area contributed by atoms with Gasteiger partial charge in [-0.25, -0.2) is 0 Å². The van der Waals surface area contributed by atoms with Crippen LogP contribution in [0.15, 0.2) is 0 Å². The van der Waals surface area contributed by atoms with Gasteiger partial charge in [0.2, 0.25) is 11.8 Å². The van der Waals surface area contributed by atoms with Crippen molar-refractivity contribution in [2.75, 3.05) is 13.1 Å². The van der Waals surface area contributed by atoms with Gasteiger partial charge in [0.15, 0.2) is 0 Å². The van der Waals surface area contributed by atoms with Crippen LogP contribution in [0.25, 0.3) is 0 Å². The molecule has 1 fully saturated rings. The van der Waals surface area contributed by atoms with E-state index < -0.39 is 0 Å². The number of carbonyl (C=O) groups is 2. The first kappa shape index (κ1) is 15.0. The molecule has 0 saturated carbocycles. The minimum Gasteiger partial charge on any atom is -0.393 e. The number of aliphatic hydroxyl groups is 1. The second-order valence-electron chi connectivity index (χ2n) is 4.76. The lowest BCUT2D eigenvalue weighted by Gasteiger charge is -2.25. The van der Waals surface area contributed by atoms with Crippen molar-refractivity contribution in [3.05, 3.63) is 0 Å². The zero-order chi connectivity index (χ0) is 13.5. The first-order chi connectivity index (χ1) is 8.60. The maximum atomic E-state index is 12.0. The molecule has 2 atom stereocenters. The molecular weight excluding hydrogens is 232 g/mol. The molecule has 104 valence electrons. The third-order valence-corrected chi connectivity index (χ3v) is 3.42. The van der Waals surface area contributed by atoms with Gasteiger partial charge in [-0.05, 0) is 25.7 Å². The Kier molecular flexibility index (Phi) is 6.12. The van der Waals surface area contributed by atoms with Gasteiger partial charge in [-0.15, -0.1) is 0 Å². The fourth-order valence-electron chi connectivity index (χ4n) is 2.23. The van der Waals surface area contributed by atoms with Crippen molar-refractivity contribution >= 4 is 11.8 Å². The number of amides is 2. The summed E-state index contributed by atoms with van der Waals surface area (Å²) in [6.45, 7) is 4.97. The van der Waals surface area contributed by atoms with E-state index in [-0.39, 0.29) is 24.0 Å². The number of nitrogens with zero attached hydrogens (tertiary/aromatic N) is 1. The first-order valence-corrected chi connectivity index (χ1v) is 6.85. The fourth-order valence-corrected chi connectivity index (χ4v) is 2.23. The van der Waals surface area contributed by atoms with Gasteiger partial charge in [-0.1, -0.05) is 13.8 Å². The van der Waals surface area contributed by atoms with Gasteiger partial charge in [0.25, 0.3) is 0 Å². The molecule has 0 aromatic heterocycles. The highest BCUT2D eigenvalue weighted by Crippen LogP contribution is 2.15. The zero-order valence-corrected chi connectivity index (χ0v) is 11.3. The highest BCUT2D eigenvalue weighted by Gasteiger charge is 2.31. The monoisotopic (exact) mass is 256 g/mol. The molecule has 0 aromatic carbocycles. The largest absolute Gasteiger partial charge is 0.393 e. The van der Waals surface area contributed by atoms with Crippen molar-refractivity contribution in [3.8, 4) is 0 Å². The number of rotatable bonds is 7. The van der Waals surface area contributed by atoms with Gasteiger partial charge < -0.3 is 15.3 Å². The van der Waals surface area contributed by atoms with E-state index in [1.54, 1.807) is 4.90 Å². The average Bonchev–Trinajstić information content (AvgIpc) is 2.76. The summed E-state index contributed by atoms with van der Waals surface area (Å²) in [5.74, 6) is -0.0263. The Morgan fingerprint density at radius 3 is 2.67 bits per heavy atom. The minimum absolute atomic E-state index is 0.0746.